The number of benzene rings is 1. The molecule has 1 aromatic rings. The zero-order chi connectivity index (χ0) is 11.6. The van der Waals surface area contributed by atoms with Gasteiger partial charge in [-0.1, -0.05) is 11.8 Å². The van der Waals surface area contributed by atoms with Gasteiger partial charge in [-0.25, -0.2) is 4.39 Å². The van der Waals surface area contributed by atoms with Gasteiger partial charge in [-0.3, -0.25) is 0 Å². The van der Waals surface area contributed by atoms with Crippen molar-refractivity contribution in [2.75, 3.05) is 0 Å². The van der Waals surface area contributed by atoms with Crippen molar-refractivity contribution >= 4 is 0 Å². The molecule has 0 spiro atoms. The highest BCUT2D eigenvalue weighted by molar-refractivity contribution is 5.39. The van der Waals surface area contributed by atoms with Crippen LogP contribution in [0.5, 0.6) is 0 Å². The Labute approximate surface area is 95.3 Å². The number of aliphatic hydroxyl groups is 1. The van der Waals surface area contributed by atoms with Crippen LogP contribution in [0.4, 0.5) is 4.39 Å². The topological polar surface area (TPSA) is 20.2 Å². The molecule has 1 aliphatic rings. The van der Waals surface area contributed by atoms with Gasteiger partial charge in [-0.2, -0.15) is 0 Å². The standard InChI is InChI=1S/C14H15FO/c1-11-8-12(10-13(15)9-11)4-7-14(16)5-2-3-6-14/h8-10,16H,2-3,5-6H2,1H3. The summed E-state index contributed by atoms with van der Waals surface area (Å²) in [5.41, 5.74) is 0.640. The smallest absolute Gasteiger partial charge is 0.125 e. The van der Waals surface area contributed by atoms with E-state index in [9.17, 15) is 9.50 Å². The van der Waals surface area contributed by atoms with Crippen molar-refractivity contribution in [3.05, 3.63) is 35.1 Å². The Morgan fingerprint density at radius 3 is 2.56 bits per heavy atom. The van der Waals surface area contributed by atoms with Gasteiger partial charge in [0.2, 0.25) is 0 Å². The summed E-state index contributed by atoms with van der Waals surface area (Å²) < 4.78 is 13.1. The molecule has 0 heterocycles. The van der Waals surface area contributed by atoms with Gasteiger partial charge >= 0.3 is 0 Å². The summed E-state index contributed by atoms with van der Waals surface area (Å²) in [6, 6.07) is 4.70. The Morgan fingerprint density at radius 2 is 1.94 bits per heavy atom. The van der Waals surface area contributed by atoms with E-state index in [2.05, 4.69) is 11.8 Å². The minimum absolute atomic E-state index is 0.275. The molecule has 1 aliphatic carbocycles. The molecule has 84 valence electrons. The third kappa shape index (κ3) is 2.62. The van der Waals surface area contributed by atoms with Crippen molar-refractivity contribution in [2.24, 2.45) is 0 Å². The molecule has 0 atom stereocenters. The molecule has 0 aliphatic heterocycles. The summed E-state index contributed by atoms with van der Waals surface area (Å²) in [5.74, 6) is 5.46. The highest BCUT2D eigenvalue weighted by atomic mass is 19.1. The quantitative estimate of drug-likeness (QED) is 0.664. The van der Waals surface area contributed by atoms with Crippen LogP contribution in [0.25, 0.3) is 0 Å². The molecule has 0 radical (unpaired) electrons. The molecule has 1 nitrogen and oxygen atoms in total. The van der Waals surface area contributed by atoms with Gasteiger partial charge in [-0.15, -0.1) is 0 Å². The fourth-order valence-corrected chi connectivity index (χ4v) is 2.08. The zero-order valence-corrected chi connectivity index (χ0v) is 9.39. The average molecular weight is 218 g/mol. The summed E-state index contributed by atoms with van der Waals surface area (Å²) in [5, 5.41) is 10.0. The maximum atomic E-state index is 13.1. The second kappa shape index (κ2) is 4.27. The Bertz CT molecular complexity index is 427. The van der Waals surface area contributed by atoms with Gasteiger partial charge in [0.05, 0.1) is 0 Å². The number of hydrogen-bond acceptors (Lipinski definition) is 1. The van der Waals surface area contributed by atoms with Crippen molar-refractivity contribution in [3.63, 3.8) is 0 Å². The third-order valence-electron chi connectivity index (χ3n) is 2.91. The van der Waals surface area contributed by atoms with Crippen molar-refractivity contribution in [2.45, 2.75) is 38.2 Å². The maximum absolute atomic E-state index is 13.1. The highest BCUT2D eigenvalue weighted by Crippen LogP contribution is 2.28. The van der Waals surface area contributed by atoms with E-state index in [0.717, 1.165) is 31.2 Å². The number of halogens is 1. The van der Waals surface area contributed by atoms with E-state index in [1.54, 1.807) is 0 Å². The predicted octanol–water partition coefficient (Wildman–Crippen LogP) is 2.79. The fraction of sp³-hybridized carbons (Fsp3) is 0.429. The first-order valence-electron chi connectivity index (χ1n) is 5.60. The van der Waals surface area contributed by atoms with Gasteiger partial charge < -0.3 is 5.11 Å². The van der Waals surface area contributed by atoms with Crippen LogP contribution < -0.4 is 0 Å². The highest BCUT2D eigenvalue weighted by Gasteiger charge is 2.28. The molecule has 0 amide bonds. The summed E-state index contributed by atoms with van der Waals surface area (Å²) in [4.78, 5) is 0. The average Bonchev–Trinajstić information content (AvgIpc) is 2.62. The second-order valence-corrected chi connectivity index (χ2v) is 4.51. The van der Waals surface area contributed by atoms with E-state index >= 15 is 0 Å². The SMILES string of the molecule is Cc1cc(F)cc(C#CC2(O)CCCC2)c1. The zero-order valence-electron chi connectivity index (χ0n) is 9.39. The predicted molar refractivity (Wildman–Crippen MR) is 61.4 cm³/mol. The molecule has 2 heteroatoms. The lowest BCUT2D eigenvalue weighted by atomic mass is 10.0. The largest absolute Gasteiger partial charge is 0.378 e. The van der Waals surface area contributed by atoms with Crippen molar-refractivity contribution in [3.8, 4) is 11.8 Å². The van der Waals surface area contributed by atoms with Gasteiger partial charge in [0, 0.05) is 5.56 Å². The Kier molecular flexibility index (Phi) is 2.98. The molecule has 16 heavy (non-hydrogen) atoms. The van der Waals surface area contributed by atoms with Crippen molar-refractivity contribution < 1.29 is 9.50 Å². The van der Waals surface area contributed by atoms with E-state index in [4.69, 9.17) is 0 Å². The first kappa shape index (κ1) is 11.2. The van der Waals surface area contributed by atoms with Crippen LogP contribution in [0, 0.1) is 24.6 Å². The van der Waals surface area contributed by atoms with Crippen LogP contribution in [0.15, 0.2) is 18.2 Å². The van der Waals surface area contributed by atoms with Gasteiger partial charge in [0.25, 0.3) is 0 Å². The van der Waals surface area contributed by atoms with E-state index in [1.165, 1.54) is 12.1 Å². The first-order chi connectivity index (χ1) is 7.57. The summed E-state index contributed by atoms with van der Waals surface area (Å²) in [7, 11) is 0. The van der Waals surface area contributed by atoms with Gasteiger partial charge in [-0.05, 0) is 56.4 Å². The molecule has 0 saturated heterocycles. The van der Waals surface area contributed by atoms with E-state index < -0.39 is 5.60 Å². The Balaban J connectivity index is 2.23. The summed E-state index contributed by atoms with van der Waals surface area (Å²) >= 11 is 0. The van der Waals surface area contributed by atoms with Crippen LogP contribution >= 0.6 is 0 Å². The molecule has 1 saturated carbocycles. The van der Waals surface area contributed by atoms with Crippen molar-refractivity contribution in [1.82, 2.24) is 0 Å². The Hall–Kier alpha value is -1.33. The molecular formula is C14H15FO. The minimum atomic E-state index is -0.847. The van der Waals surface area contributed by atoms with E-state index in [1.807, 2.05) is 13.0 Å². The molecule has 1 fully saturated rings. The minimum Gasteiger partial charge on any atom is -0.378 e. The lowest BCUT2D eigenvalue weighted by Crippen LogP contribution is -2.20. The van der Waals surface area contributed by atoms with Gasteiger partial charge in [0.15, 0.2) is 0 Å². The lowest BCUT2D eigenvalue weighted by Gasteiger charge is -2.12. The molecular weight excluding hydrogens is 203 g/mol. The maximum Gasteiger partial charge on any atom is 0.125 e. The monoisotopic (exact) mass is 218 g/mol. The molecule has 0 bridgehead atoms. The van der Waals surface area contributed by atoms with Crippen LogP contribution in [0.2, 0.25) is 0 Å². The number of aryl methyl sites for hydroxylation is 1. The van der Waals surface area contributed by atoms with E-state index in [0.29, 0.717) is 5.56 Å². The van der Waals surface area contributed by atoms with Crippen LogP contribution in [0.1, 0.15) is 36.8 Å². The summed E-state index contributed by atoms with van der Waals surface area (Å²) in [6.07, 6.45) is 3.50. The first-order valence-corrected chi connectivity index (χ1v) is 5.60. The molecule has 1 aromatic carbocycles. The molecule has 2 rings (SSSR count). The fourth-order valence-electron chi connectivity index (χ4n) is 2.08. The van der Waals surface area contributed by atoms with Crippen LogP contribution in [-0.2, 0) is 0 Å². The molecule has 0 unspecified atom stereocenters. The summed E-state index contributed by atoms with van der Waals surface area (Å²) in [6.45, 7) is 1.83. The lowest BCUT2D eigenvalue weighted by molar-refractivity contribution is 0.110. The van der Waals surface area contributed by atoms with Crippen molar-refractivity contribution in [1.29, 1.82) is 0 Å². The third-order valence-corrected chi connectivity index (χ3v) is 2.91. The Morgan fingerprint density at radius 1 is 1.25 bits per heavy atom. The van der Waals surface area contributed by atoms with E-state index in [-0.39, 0.29) is 5.82 Å². The second-order valence-electron chi connectivity index (χ2n) is 4.51. The molecule has 1 N–H and O–H groups in total. The van der Waals surface area contributed by atoms with Gasteiger partial charge in [0.1, 0.15) is 11.4 Å². The normalized spacial score (nSPS) is 17.9. The number of rotatable bonds is 0. The number of hydrogen-bond donors (Lipinski definition) is 1. The molecule has 0 aromatic heterocycles. The van der Waals surface area contributed by atoms with Crippen LogP contribution in [-0.4, -0.2) is 10.7 Å². The van der Waals surface area contributed by atoms with Crippen LogP contribution in [0.3, 0.4) is 0 Å².